The summed E-state index contributed by atoms with van der Waals surface area (Å²) in [6.07, 6.45) is 2.00. The molecule has 0 saturated carbocycles. The van der Waals surface area contributed by atoms with Gasteiger partial charge in [-0.15, -0.1) is 0 Å². The molecule has 0 unspecified atom stereocenters. The van der Waals surface area contributed by atoms with E-state index in [1.165, 1.54) is 6.26 Å². The van der Waals surface area contributed by atoms with E-state index in [2.05, 4.69) is 5.32 Å². The molecule has 0 saturated heterocycles. The minimum Gasteiger partial charge on any atom is -0.480 e. The number of carbonyl (C=O) groups is 2. The molecular formula is C12H17NO4. The Hall–Kier alpha value is -1.78. The van der Waals surface area contributed by atoms with Gasteiger partial charge in [0.1, 0.15) is 18.1 Å². The molecular weight excluding hydrogens is 222 g/mol. The zero-order chi connectivity index (χ0) is 13.0. The first-order valence-electron chi connectivity index (χ1n) is 5.54. The molecule has 2 atom stereocenters. The van der Waals surface area contributed by atoms with Crippen molar-refractivity contribution in [1.82, 2.24) is 5.32 Å². The number of aliphatic carboxylic acids is 1. The first-order valence-corrected chi connectivity index (χ1v) is 5.54. The summed E-state index contributed by atoms with van der Waals surface area (Å²) in [4.78, 5) is 22.8. The highest BCUT2D eigenvalue weighted by Gasteiger charge is 2.26. The van der Waals surface area contributed by atoms with Crippen molar-refractivity contribution in [3.05, 3.63) is 23.7 Å². The van der Waals surface area contributed by atoms with E-state index in [0.29, 0.717) is 17.7 Å². The van der Waals surface area contributed by atoms with Gasteiger partial charge in [0, 0.05) is 0 Å². The quantitative estimate of drug-likeness (QED) is 0.821. The first kappa shape index (κ1) is 13.3. The smallest absolute Gasteiger partial charge is 0.326 e. The van der Waals surface area contributed by atoms with Gasteiger partial charge in [-0.2, -0.15) is 0 Å². The van der Waals surface area contributed by atoms with Gasteiger partial charge in [-0.3, -0.25) is 4.79 Å². The van der Waals surface area contributed by atoms with Crippen LogP contribution in [0.1, 0.15) is 36.4 Å². The van der Waals surface area contributed by atoms with Crippen molar-refractivity contribution < 1.29 is 19.1 Å². The average molecular weight is 239 g/mol. The zero-order valence-electron chi connectivity index (χ0n) is 10.2. The van der Waals surface area contributed by atoms with Crippen LogP contribution in [0.3, 0.4) is 0 Å². The maximum Gasteiger partial charge on any atom is 0.326 e. The van der Waals surface area contributed by atoms with E-state index >= 15 is 0 Å². The number of furan rings is 1. The second kappa shape index (κ2) is 5.52. The van der Waals surface area contributed by atoms with Crippen molar-refractivity contribution in [1.29, 1.82) is 0 Å². The molecule has 1 rings (SSSR count). The summed E-state index contributed by atoms with van der Waals surface area (Å²) in [6.45, 7) is 5.40. The third-order valence-electron chi connectivity index (χ3n) is 2.76. The molecule has 94 valence electrons. The summed E-state index contributed by atoms with van der Waals surface area (Å²) >= 11 is 0. The number of nitrogens with one attached hydrogen (secondary N) is 1. The normalized spacial score (nSPS) is 14.1. The fourth-order valence-electron chi connectivity index (χ4n) is 1.47. The van der Waals surface area contributed by atoms with Gasteiger partial charge < -0.3 is 14.8 Å². The molecule has 17 heavy (non-hydrogen) atoms. The van der Waals surface area contributed by atoms with Crippen LogP contribution >= 0.6 is 0 Å². The molecule has 5 nitrogen and oxygen atoms in total. The first-order chi connectivity index (χ1) is 7.95. The second-order valence-electron chi connectivity index (χ2n) is 4.12. The zero-order valence-corrected chi connectivity index (χ0v) is 10.2. The molecule has 5 heteroatoms. The highest BCUT2D eigenvalue weighted by Crippen LogP contribution is 2.11. The van der Waals surface area contributed by atoms with E-state index in [1.807, 2.05) is 6.92 Å². The monoisotopic (exact) mass is 239 g/mol. The summed E-state index contributed by atoms with van der Waals surface area (Å²) in [5.41, 5.74) is 0.344. The number of rotatable bonds is 5. The third-order valence-corrected chi connectivity index (χ3v) is 2.76. The Morgan fingerprint density at radius 3 is 2.59 bits per heavy atom. The lowest BCUT2D eigenvalue weighted by molar-refractivity contribution is -0.140. The minimum absolute atomic E-state index is 0.121. The Bertz CT molecular complexity index is 410. The van der Waals surface area contributed by atoms with Crippen LogP contribution in [-0.2, 0) is 4.79 Å². The van der Waals surface area contributed by atoms with Crippen molar-refractivity contribution in [2.45, 2.75) is 33.2 Å². The predicted octanol–water partition coefficient (Wildman–Crippen LogP) is 1.82. The fourth-order valence-corrected chi connectivity index (χ4v) is 1.47. The van der Waals surface area contributed by atoms with Gasteiger partial charge in [0.15, 0.2) is 0 Å². The Morgan fingerprint density at radius 2 is 2.18 bits per heavy atom. The second-order valence-corrected chi connectivity index (χ2v) is 4.12. The molecule has 1 heterocycles. The lowest BCUT2D eigenvalue weighted by Gasteiger charge is -2.19. The number of hydrogen-bond donors (Lipinski definition) is 2. The van der Waals surface area contributed by atoms with Crippen LogP contribution in [0.25, 0.3) is 0 Å². The van der Waals surface area contributed by atoms with Gasteiger partial charge in [0.25, 0.3) is 5.91 Å². The third kappa shape index (κ3) is 3.34. The average Bonchev–Trinajstić information content (AvgIpc) is 2.71. The van der Waals surface area contributed by atoms with Crippen LogP contribution < -0.4 is 5.32 Å². The Morgan fingerprint density at radius 1 is 1.53 bits per heavy atom. The van der Waals surface area contributed by atoms with Gasteiger partial charge >= 0.3 is 5.97 Å². The molecule has 0 radical (unpaired) electrons. The molecule has 0 aliphatic heterocycles. The number of carboxylic acid groups (broad SMARTS) is 1. The Labute approximate surface area is 99.8 Å². The molecule has 2 N–H and O–H groups in total. The summed E-state index contributed by atoms with van der Waals surface area (Å²) < 4.78 is 5.01. The molecule has 0 aliphatic rings. The lowest BCUT2D eigenvalue weighted by Crippen LogP contribution is -2.44. The number of carbonyl (C=O) groups excluding carboxylic acids is 1. The molecule has 0 spiro atoms. The largest absolute Gasteiger partial charge is 0.480 e. The van der Waals surface area contributed by atoms with Crippen LogP contribution in [0, 0.1) is 12.8 Å². The summed E-state index contributed by atoms with van der Waals surface area (Å²) in [6, 6.07) is 0.702. The van der Waals surface area contributed by atoms with Crippen LogP contribution in [0.2, 0.25) is 0 Å². The van der Waals surface area contributed by atoms with Crippen molar-refractivity contribution >= 4 is 11.9 Å². The number of aryl methyl sites for hydroxylation is 1. The van der Waals surface area contributed by atoms with Gasteiger partial charge in [0.2, 0.25) is 0 Å². The highest BCUT2D eigenvalue weighted by atomic mass is 16.4. The topological polar surface area (TPSA) is 79.5 Å². The summed E-state index contributed by atoms with van der Waals surface area (Å²) in [7, 11) is 0. The van der Waals surface area contributed by atoms with Gasteiger partial charge in [-0.1, -0.05) is 20.3 Å². The SMILES string of the molecule is CC[C@H](C)[C@H](NC(=O)c1coc(C)c1)C(=O)O. The van der Waals surface area contributed by atoms with Crippen molar-refractivity contribution in [2.24, 2.45) is 5.92 Å². The lowest BCUT2D eigenvalue weighted by atomic mass is 9.99. The minimum atomic E-state index is -1.02. The van der Waals surface area contributed by atoms with E-state index in [4.69, 9.17) is 9.52 Å². The molecule has 0 bridgehead atoms. The maximum absolute atomic E-state index is 11.8. The summed E-state index contributed by atoms with van der Waals surface area (Å²) in [5.74, 6) is -0.947. The van der Waals surface area contributed by atoms with Crippen molar-refractivity contribution in [2.75, 3.05) is 0 Å². The van der Waals surface area contributed by atoms with Crippen LogP contribution in [0.5, 0.6) is 0 Å². The van der Waals surface area contributed by atoms with Gasteiger partial charge in [0.05, 0.1) is 5.56 Å². The number of carboxylic acids is 1. The molecule has 0 aliphatic carbocycles. The fraction of sp³-hybridized carbons (Fsp3) is 0.500. The predicted molar refractivity (Wildman–Crippen MR) is 61.8 cm³/mol. The maximum atomic E-state index is 11.8. The van der Waals surface area contributed by atoms with Crippen LogP contribution in [0.4, 0.5) is 0 Å². The van der Waals surface area contributed by atoms with Crippen molar-refractivity contribution in [3.8, 4) is 0 Å². The summed E-state index contributed by atoms with van der Waals surface area (Å²) in [5, 5.41) is 11.5. The number of hydrogen-bond acceptors (Lipinski definition) is 3. The van der Waals surface area contributed by atoms with Crippen LogP contribution in [0.15, 0.2) is 16.7 Å². The molecule has 0 fully saturated rings. The van der Waals surface area contributed by atoms with Gasteiger partial charge in [-0.05, 0) is 18.9 Å². The number of amides is 1. The Kier molecular flexibility index (Phi) is 4.31. The van der Waals surface area contributed by atoms with E-state index in [0.717, 1.165) is 0 Å². The molecule has 0 aromatic carbocycles. The Balaban J connectivity index is 2.74. The van der Waals surface area contributed by atoms with E-state index in [-0.39, 0.29) is 5.92 Å². The molecule has 1 aromatic heterocycles. The van der Waals surface area contributed by atoms with Crippen molar-refractivity contribution in [3.63, 3.8) is 0 Å². The van der Waals surface area contributed by atoms with E-state index in [1.54, 1.807) is 19.9 Å². The standard InChI is InChI=1S/C12H17NO4/c1-4-7(2)10(12(15)16)13-11(14)9-5-8(3)17-6-9/h5-7,10H,4H2,1-3H3,(H,13,14)(H,15,16)/t7-,10-/m0/s1. The highest BCUT2D eigenvalue weighted by molar-refractivity contribution is 5.96. The van der Waals surface area contributed by atoms with E-state index in [9.17, 15) is 9.59 Å². The van der Waals surface area contributed by atoms with Crippen LogP contribution in [-0.4, -0.2) is 23.0 Å². The molecule has 1 aromatic rings. The van der Waals surface area contributed by atoms with Gasteiger partial charge in [-0.25, -0.2) is 4.79 Å². The van der Waals surface area contributed by atoms with E-state index < -0.39 is 17.9 Å². The molecule has 1 amide bonds.